The fourth-order valence-corrected chi connectivity index (χ4v) is 5.29. The summed E-state index contributed by atoms with van der Waals surface area (Å²) in [5.74, 6) is 0.873. The number of likely N-dealkylation sites (tertiary alicyclic amines) is 1. The van der Waals surface area contributed by atoms with Gasteiger partial charge in [-0.15, -0.1) is 11.3 Å². The standard InChI is InChI=1S/C21H23N5O2S/c27-21(28-17-11-22-13-23-12-17)24-15-4-5-18-19(10-15)29-20(25-18)14-8-16(9-14)26-6-2-1-3-7-26/h4-5,10-14,16H,1-3,6-9H2,(H,24,27)/t14-,16-. The van der Waals surface area contributed by atoms with Crippen LogP contribution in [0.5, 0.6) is 5.75 Å². The lowest BCUT2D eigenvalue weighted by molar-refractivity contribution is 0.0888. The molecule has 1 N–H and O–H groups in total. The summed E-state index contributed by atoms with van der Waals surface area (Å²) in [7, 11) is 0. The van der Waals surface area contributed by atoms with Crippen LogP contribution >= 0.6 is 11.3 Å². The number of carbonyl (C=O) groups excluding carboxylic acids is 1. The van der Waals surface area contributed by atoms with Crippen molar-refractivity contribution >= 4 is 33.3 Å². The monoisotopic (exact) mass is 409 g/mol. The number of amides is 1. The molecule has 0 atom stereocenters. The zero-order chi connectivity index (χ0) is 19.6. The number of nitrogens with one attached hydrogen (secondary N) is 1. The minimum Gasteiger partial charge on any atom is -0.407 e. The third-order valence-corrected chi connectivity index (χ3v) is 6.95. The number of carbonyl (C=O) groups is 1. The first-order chi connectivity index (χ1) is 14.2. The van der Waals surface area contributed by atoms with Crippen molar-refractivity contribution in [1.29, 1.82) is 0 Å². The van der Waals surface area contributed by atoms with Crippen molar-refractivity contribution in [2.45, 2.75) is 44.1 Å². The smallest absolute Gasteiger partial charge is 0.407 e. The summed E-state index contributed by atoms with van der Waals surface area (Å²) in [6, 6.07) is 6.50. The van der Waals surface area contributed by atoms with Gasteiger partial charge in [-0.1, -0.05) is 6.42 Å². The molecule has 1 aromatic carbocycles. The Morgan fingerprint density at radius 2 is 1.93 bits per heavy atom. The van der Waals surface area contributed by atoms with Crippen molar-refractivity contribution in [2.75, 3.05) is 18.4 Å². The van der Waals surface area contributed by atoms with E-state index in [4.69, 9.17) is 9.72 Å². The van der Waals surface area contributed by atoms with Gasteiger partial charge in [-0.05, 0) is 57.0 Å². The fraction of sp³-hybridized carbons (Fsp3) is 0.429. The molecule has 0 unspecified atom stereocenters. The van der Waals surface area contributed by atoms with Crippen LogP contribution < -0.4 is 10.1 Å². The van der Waals surface area contributed by atoms with Gasteiger partial charge in [-0.3, -0.25) is 5.32 Å². The summed E-state index contributed by atoms with van der Waals surface area (Å²) >= 11 is 1.73. The summed E-state index contributed by atoms with van der Waals surface area (Å²) in [5.41, 5.74) is 1.68. The highest BCUT2D eigenvalue weighted by Crippen LogP contribution is 2.43. The van der Waals surface area contributed by atoms with Gasteiger partial charge in [0.05, 0.1) is 27.6 Å². The van der Waals surface area contributed by atoms with Crippen LogP contribution in [0, 0.1) is 0 Å². The number of ether oxygens (including phenoxy) is 1. The highest BCUT2D eigenvalue weighted by atomic mass is 32.1. The summed E-state index contributed by atoms with van der Waals surface area (Å²) in [6.07, 6.45) is 10.2. The van der Waals surface area contributed by atoms with E-state index in [0.717, 1.165) is 16.3 Å². The molecule has 8 heteroatoms. The number of nitrogens with zero attached hydrogens (tertiary/aromatic N) is 4. The maximum absolute atomic E-state index is 12.1. The SMILES string of the molecule is O=C(Nc1ccc2nc([C@H]3C[C@H](N4CCCCC4)C3)sc2c1)Oc1cncnc1. The molecule has 3 aromatic rings. The summed E-state index contributed by atoms with van der Waals surface area (Å²) in [4.78, 5) is 27.2. The molecule has 1 aliphatic carbocycles. The van der Waals surface area contributed by atoms with E-state index < -0.39 is 6.09 Å². The molecule has 2 aliphatic rings. The quantitative estimate of drug-likeness (QED) is 0.687. The number of rotatable bonds is 4. The average molecular weight is 410 g/mol. The predicted octanol–water partition coefficient (Wildman–Crippen LogP) is 4.43. The van der Waals surface area contributed by atoms with E-state index in [2.05, 4.69) is 20.2 Å². The van der Waals surface area contributed by atoms with Gasteiger partial charge in [0.15, 0.2) is 5.75 Å². The normalized spacial score (nSPS) is 22.2. The van der Waals surface area contributed by atoms with Crippen LogP contribution in [-0.2, 0) is 0 Å². The molecule has 5 rings (SSSR count). The minimum absolute atomic E-state index is 0.305. The topological polar surface area (TPSA) is 80.2 Å². The largest absolute Gasteiger partial charge is 0.417 e. The number of fused-ring (bicyclic) bond motifs is 1. The molecule has 1 saturated carbocycles. The van der Waals surface area contributed by atoms with Gasteiger partial charge in [-0.25, -0.2) is 19.7 Å². The number of hydrogen-bond acceptors (Lipinski definition) is 7. The Hall–Kier alpha value is -2.58. The molecule has 1 saturated heterocycles. The van der Waals surface area contributed by atoms with Gasteiger partial charge in [0.1, 0.15) is 6.33 Å². The number of thiazole rings is 1. The molecule has 1 aliphatic heterocycles. The molecule has 0 radical (unpaired) electrons. The third kappa shape index (κ3) is 4.09. The van der Waals surface area contributed by atoms with Crippen LogP contribution in [0.1, 0.15) is 43.0 Å². The molecule has 2 fully saturated rings. The first-order valence-electron chi connectivity index (χ1n) is 10.1. The number of piperidine rings is 1. The van der Waals surface area contributed by atoms with Crippen LogP contribution in [-0.4, -0.2) is 45.1 Å². The molecule has 2 aromatic heterocycles. The van der Waals surface area contributed by atoms with E-state index >= 15 is 0 Å². The van der Waals surface area contributed by atoms with E-state index in [-0.39, 0.29) is 0 Å². The van der Waals surface area contributed by atoms with Crippen LogP contribution in [0.2, 0.25) is 0 Å². The lowest BCUT2D eigenvalue weighted by atomic mass is 9.79. The zero-order valence-electron chi connectivity index (χ0n) is 16.1. The highest BCUT2D eigenvalue weighted by Gasteiger charge is 2.36. The Labute approximate surface area is 173 Å². The number of benzene rings is 1. The van der Waals surface area contributed by atoms with Gasteiger partial charge in [0.25, 0.3) is 0 Å². The van der Waals surface area contributed by atoms with E-state index in [0.29, 0.717) is 17.4 Å². The second-order valence-corrected chi connectivity index (χ2v) is 8.80. The Morgan fingerprint density at radius 1 is 1.14 bits per heavy atom. The van der Waals surface area contributed by atoms with Crippen LogP contribution in [0.25, 0.3) is 10.2 Å². The van der Waals surface area contributed by atoms with Crippen molar-refractivity contribution in [3.8, 4) is 5.75 Å². The van der Waals surface area contributed by atoms with E-state index in [1.165, 1.54) is 68.9 Å². The molecule has 7 nitrogen and oxygen atoms in total. The van der Waals surface area contributed by atoms with Crippen molar-refractivity contribution < 1.29 is 9.53 Å². The molecular weight excluding hydrogens is 386 g/mol. The summed E-state index contributed by atoms with van der Waals surface area (Å²) in [6.45, 7) is 2.52. The first-order valence-corrected chi connectivity index (χ1v) is 10.9. The maximum Gasteiger partial charge on any atom is 0.417 e. The third-order valence-electron chi connectivity index (χ3n) is 5.77. The fourth-order valence-electron chi connectivity index (χ4n) is 4.15. The van der Waals surface area contributed by atoms with E-state index in [1.807, 2.05) is 18.2 Å². The number of aromatic nitrogens is 3. The summed E-state index contributed by atoms with van der Waals surface area (Å²) in [5, 5.41) is 3.97. The van der Waals surface area contributed by atoms with E-state index in [9.17, 15) is 4.79 Å². The number of hydrogen-bond donors (Lipinski definition) is 1. The lowest BCUT2D eigenvalue weighted by Crippen LogP contribution is -2.46. The predicted molar refractivity (Wildman–Crippen MR) is 112 cm³/mol. The van der Waals surface area contributed by atoms with Gasteiger partial charge in [0, 0.05) is 17.6 Å². The Bertz CT molecular complexity index is 997. The van der Waals surface area contributed by atoms with Crippen molar-refractivity contribution in [1.82, 2.24) is 19.9 Å². The molecule has 0 bridgehead atoms. The zero-order valence-corrected chi connectivity index (χ0v) is 16.9. The van der Waals surface area contributed by atoms with Gasteiger partial charge >= 0.3 is 6.09 Å². The molecule has 0 spiro atoms. The second-order valence-electron chi connectivity index (χ2n) is 7.74. The first kappa shape index (κ1) is 18.4. The van der Waals surface area contributed by atoms with Crippen molar-refractivity contribution in [2.24, 2.45) is 0 Å². The molecule has 3 heterocycles. The molecular formula is C21H23N5O2S. The van der Waals surface area contributed by atoms with Gasteiger partial charge in [0.2, 0.25) is 0 Å². The van der Waals surface area contributed by atoms with Crippen molar-refractivity contribution in [3.63, 3.8) is 0 Å². The Balaban J connectivity index is 1.22. The van der Waals surface area contributed by atoms with Crippen LogP contribution in [0.3, 0.4) is 0 Å². The molecule has 1 amide bonds. The van der Waals surface area contributed by atoms with Gasteiger partial charge < -0.3 is 9.64 Å². The lowest BCUT2D eigenvalue weighted by Gasteiger charge is -2.43. The summed E-state index contributed by atoms with van der Waals surface area (Å²) < 4.78 is 6.26. The Morgan fingerprint density at radius 3 is 2.72 bits per heavy atom. The van der Waals surface area contributed by atoms with Crippen LogP contribution in [0.4, 0.5) is 10.5 Å². The Kier molecular flexibility index (Phi) is 5.12. The maximum atomic E-state index is 12.1. The number of anilines is 1. The highest BCUT2D eigenvalue weighted by molar-refractivity contribution is 7.18. The van der Waals surface area contributed by atoms with E-state index in [1.54, 1.807) is 11.3 Å². The second kappa shape index (κ2) is 8.04. The van der Waals surface area contributed by atoms with Crippen molar-refractivity contribution in [3.05, 3.63) is 41.9 Å². The van der Waals surface area contributed by atoms with Crippen LogP contribution in [0.15, 0.2) is 36.9 Å². The average Bonchev–Trinajstić information content (AvgIpc) is 3.11. The molecule has 150 valence electrons. The van der Waals surface area contributed by atoms with Gasteiger partial charge in [-0.2, -0.15) is 0 Å². The minimum atomic E-state index is -0.563. The molecule has 29 heavy (non-hydrogen) atoms.